The van der Waals surface area contributed by atoms with Gasteiger partial charge in [0.2, 0.25) is 0 Å². The molecule has 0 radical (unpaired) electrons. The van der Waals surface area contributed by atoms with Crippen LogP contribution in [0.1, 0.15) is 31.8 Å². The number of hydrogen-bond acceptors (Lipinski definition) is 4. The highest BCUT2D eigenvalue weighted by Crippen LogP contribution is 2.34. The van der Waals surface area contributed by atoms with E-state index in [0.717, 1.165) is 0 Å². The minimum Gasteiger partial charge on any atom is -0.418 e. The minimum atomic E-state index is -0.602. The van der Waals surface area contributed by atoms with E-state index in [9.17, 15) is 9.59 Å². The Morgan fingerprint density at radius 2 is 0.879 bits per heavy atom. The predicted molar refractivity (Wildman–Crippen MR) is 128 cm³/mol. The van der Waals surface area contributed by atoms with E-state index in [4.69, 9.17) is 21.1 Å². The van der Waals surface area contributed by atoms with Gasteiger partial charge in [-0.05, 0) is 36.4 Å². The standard InChI is InChI=1S/C28H19ClO4/c29-24-19-11-10-18-23(24)26(33-28(31)22-16-8-3-9-17-22)25(20-12-4-1-5-13-20)32-27(30)21-14-6-2-7-15-21/h1-19H/b26-25+. The van der Waals surface area contributed by atoms with Crippen molar-refractivity contribution in [3.63, 3.8) is 0 Å². The molecule has 0 N–H and O–H groups in total. The Labute approximate surface area is 196 Å². The number of carbonyl (C=O) groups excluding carboxylic acids is 2. The van der Waals surface area contributed by atoms with Crippen molar-refractivity contribution in [2.75, 3.05) is 0 Å². The van der Waals surface area contributed by atoms with Gasteiger partial charge in [0.05, 0.1) is 16.1 Å². The molecule has 0 fully saturated rings. The van der Waals surface area contributed by atoms with Crippen LogP contribution in [0.4, 0.5) is 0 Å². The van der Waals surface area contributed by atoms with Crippen LogP contribution in [0.15, 0.2) is 115 Å². The van der Waals surface area contributed by atoms with Crippen LogP contribution in [0.25, 0.3) is 11.5 Å². The summed E-state index contributed by atoms with van der Waals surface area (Å²) < 4.78 is 11.7. The van der Waals surface area contributed by atoms with E-state index in [2.05, 4.69) is 0 Å². The van der Waals surface area contributed by atoms with Gasteiger partial charge < -0.3 is 9.47 Å². The molecular formula is C28H19ClO4. The molecule has 0 aliphatic rings. The highest BCUT2D eigenvalue weighted by molar-refractivity contribution is 6.32. The van der Waals surface area contributed by atoms with Crippen molar-refractivity contribution in [3.8, 4) is 0 Å². The summed E-state index contributed by atoms with van der Waals surface area (Å²) in [4.78, 5) is 26.0. The summed E-state index contributed by atoms with van der Waals surface area (Å²) in [6, 6.07) is 33.0. The van der Waals surface area contributed by atoms with Gasteiger partial charge in [-0.15, -0.1) is 0 Å². The SMILES string of the molecule is O=C(O/C(=C(/OC(=O)c1ccccc1)c1ccccc1Cl)c1ccccc1)c1ccccc1. The Morgan fingerprint density at radius 1 is 0.485 bits per heavy atom. The Bertz CT molecular complexity index is 1280. The van der Waals surface area contributed by atoms with Crippen LogP contribution in [0.3, 0.4) is 0 Å². The molecular weight excluding hydrogens is 436 g/mol. The van der Waals surface area contributed by atoms with Crippen molar-refractivity contribution in [1.82, 2.24) is 0 Å². The molecule has 0 atom stereocenters. The summed E-state index contributed by atoms with van der Waals surface area (Å²) in [5.74, 6) is -1.06. The lowest BCUT2D eigenvalue weighted by molar-refractivity contribution is 0.0647. The first-order valence-electron chi connectivity index (χ1n) is 10.2. The third kappa shape index (κ3) is 5.37. The largest absolute Gasteiger partial charge is 0.418 e. The summed E-state index contributed by atoms with van der Waals surface area (Å²) in [6.45, 7) is 0. The van der Waals surface area contributed by atoms with Crippen molar-refractivity contribution >= 4 is 35.1 Å². The molecule has 33 heavy (non-hydrogen) atoms. The molecule has 0 aliphatic heterocycles. The number of esters is 2. The molecule has 0 heterocycles. The second-order valence-corrected chi connectivity index (χ2v) is 7.42. The Morgan fingerprint density at radius 3 is 1.36 bits per heavy atom. The Kier molecular flexibility index (Phi) is 6.98. The van der Waals surface area contributed by atoms with E-state index in [-0.39, 0.29) is 11.5 Å². The number of benzene rings is 4. The van der Waals surface area contributed by atoms with Gasteiger partial charge in [0.25, 0.3) is 0 Å². The monoisotopic (exact) mass is 454 g/mol. The van der Waals surface area contributed by atoms with E-state index in [1.165, 1.54) is 0 Å². The number of hydrogen-bond donors (Lipinski definition) is 0. The van der Waals surface area contributed by atoms with Gasteiger partial charge in [0.15, 0.2) is 11.5 Å². The molecule has 0 saturated carbocycles. The van der Waals surface area contributed by atoms with Gasteiger partial charge in [0, 0.05) is 11.1 Å². The van der Waals surface area contributed by atoms with Crippen LogP contribution < -0.4 is 0 Å². The van der Waals surface area contributed by atoms with Gasteiger partial charge >= 0.3 is 11.9 Å². The summed E-state index contributed by atoms with van der Waals surface area (Å²) in [5.41, 5.74) is 1.68. The van der Waals surface area contributed by atoms with Gasteiger partial charge in [-0.3, -0.25) is 0 Å². The fourth-order valence-corrected chi connectivity index (χ4v) is 3.37. The molecule has 0 aromatic heterocycles. The van der Waals surface area contributed by atoms with Crippen LogP contribution in [0.5, 0.6) is 0 Å². The maximum absolute atomic E-state index is 13.0. The minimum absolute atomic E-state index is 0.0462. The van der Waals surface area contributed by atoms with Gasteiger partial charge in [-0.1, -0.05) is 90.5 Å². The summed E-state index contributed by atoms with van der Waals surface area (Å²) in [7, 11) is 0. The first-order valence-corrected chi connectivity index (χ1v) is 10.6. The van der Waals surface area contributed by atoms with E-state index in [1.54, 1.807) is 103 Å². The van der Waals surface area contributed by atoms with Crippen molar-refractivity contribution in [3.05, 3.63) is 143 Å². The smallest absolute Gasteiger partial charge is 0.343 e. The van der Waals surface area contributed by atoms with Crippen LogP contribution >= 0.6 is 11.6 Å². The second kappa shape index (κ2) is 10.4. The molecule has 0 saturated heterocycles. The van der Waals surface area contributed by atoms with E-state index < -0.39 is 11.9 Å². The van der Waals surface area contributed by atoms with Crippen molar-refractivity contribution in [2.45, 2.75) is 0 Å². The Balaban J connectivity index is 1.87. The molecule has 4 aromatic carbocycles. The van der Waals surface area contributed by atoms with E-state index in [0.29, 0.717) is 27.3 Å². The van der Waals surface area contributed by atoms with E-state index in [1.807, 2.05) is 12.1 Å². The number of ether oxygens (including phenoxy) is 2. The topological polar surface area (TPSA) is 52.6 Å². The molecule has 4 rings (SSSR count). The average molecular weight is 455 g/mol. The molecule has 0 spiro atoms. The highest BCUT2D eigenvalue weighted by Gasteiger charge is 2.24. The van der Waals surface area contributed by atoms with Crippen LogP contribution in [-0.2, 0) is 9.47 Å². The zero-order valence-corrected chi connectivity index (χ0v) is 18.2. The summed E-state index contributed by atoms with van der Waals surface area (Å²) >= 11 is 6.47. The quantitative estimate of drug-likeness (QED) is 0.181. The first-order chi connectivity index (χ1) is 16.1. The third-order valence-corrected chi connectivity index (χ3v) is 5.10. The second-order valence-electron chi connectivity index (χ2n) is 7.02. The first kappa shape index (κ1) is 22.1. The van der Waals surface area contributed by atoms with E-state index >= 15 is 0 Å². The predicted octanol–water partition coefficient (Wildman–Crippen LogP) is 6.88. The normalized spacial score (nSPS) is 11.3. The van der Waals surface area contributed by atoms with Gasteiger partial charge in [-0.2, -0.15) is 0 Å². The maximum Gasteiger partial charge on any atom is 0.343 e. The van der Waals surface area contributed by atoms with Crippen LogP contribution in [-0.4, -0.2) is 11.9 Å². The summed E-state index contributed by atoms with van der Waals surface area (Å²) in [6.07, 6.45) is 0. The molecule has 162 valence electrons. The van der Waals surface area contributed by atoms with Crippen LogP contribution in [0.2, 0.25) is 5.02 Å². The lowest BCUT2D eigenvalue weighted by atomic mass is 10.1. The molecule has 0 aliphatic carbocycles. The molecule has 4 nitrogen and oxygen atoms in total. The lowest BCUT2D eigenvalue weighted by Crippen LogP contribution is -2.11. The summed E-state index contributed by atoms with van der Waals surface area (Å²) in [5, 5.41) is 0.345. The zero-order chi connectivity index (χ0) is 23.0. The van der Waals surface area contributed by atoms with Gasteiger partial charge in [-0.25, -0.2) is 9.59 Å². The van der Waals surface area contributed by atoms with Crippen molar-refractivity contribution in [1.29, 1.82) is 0 Å². The van der Waals surface area contributed by atoms with Crippen molar-refractivity contribution in [2.24, 2.45) is 0 Å². The van der Waals surface area contributed by atoms with Crippen LogP contribution in [0, 0.1) is 0 Å². The zero-order valence-electron chi connectivity index (χ0n) is 17.5. The highest BCUT2D eigenvalue weighted by atomic mass is 35.5. The Hall–Kier alpha value is -4.15. The number of rotatable bonds is 6. The average Bonchev–Trinajstić information content (AvgIpc) is 2.88. The lowest BCUT2D eigenvalue weighted by Gasteiger charge is -2.17. The molecule has 0 amide bonds. The fraction of sp³-hybridized carbons (Fsp3) is 0. The fourth-order valence-electron chi connectivity index (χ4n) is 3.15. The van der Waals surface area contributed by atoms with Gasteiger partial charge in [0.1, 0.15) is 0 Å². The molecule has 4 aromatic rings. The van der Waals surface area contributed by atoms with Crippen molar-refractivity contribution < 1.29 is 19.1 Å². The number of carbonyl (C=O) groups is 2. The number of halogens is 1. The third-order valence-electron chi connectivity index (χ3n) is 4.77. The molecule has 5 heteroatoms. The molecule has 0 bridgehead atoms. The maximum atomic E-state index is 13.0. The molecule has 0 unspecified atom stereocenters.